The van der Waals surface area contributed by atoms with E-state index in [1.165, 1.54) is 20.8 Å². The van der Waals surface area contributed by atoms with Gasteiger partial charge in [0, 0.05) is 60.3 Å². The highest BCUT2D eigenvalue weighted by molar-refractivity contribution is 8.00. The molecule has 0 bridgehead atoms. The van der Waals surface area contributed by atoms with Crippen LogP contribution in [0.25, 0.3) is 0 Å². The Labute approximate surface area is 542 Å². The average Bonchev–Trinajstić information content (AvgIpc) is 0.726. The molecule has 3 heterocycles. The first-order valence-electron chi connectivity index (χ1n) is 29.4. The molecule has 17 atom stereocenters. The number of ether oxygens (including phenoxy) is 16. The van der Waals surface area contributed by atoms with E-state index in [2.05, 4.69) is 5.32 Å². The van der Waals surface area contributed by atoms with Crippen LogP contribution in [-0.2, 0) is 133 Å². The fourth-order valence-electron chi connectivity index (χ4n) is 9.57. The molecule has 31 heteroatoms. The molecule has 516 valence electrons. The minimum absolute atomic E-state index is 0.265. The molecule has 3 saturated heterocycles. The zero-order valence-corrected chi connectivity index (χ0v) is 56.8. The van der Waals surface area contributed by atoms with Crippen molar-refractivity contribution in [3.05, 3.63) is 30.3 Å². The predicted octanol–water partition coefficient (Wildman–Crippen LogP) is 4.18. The van der Waals surface area contributed by atoms with Crippen LogP contribution >= 0.6 is 23.5 Å². The van der Waals surface area contributed by atoms with Gasteiger partial charge in [-0.05, 0) is 80.2 Å². The van der Waals surface area contributed by atoms with Crippen molar-refractivity contribution in [1.29, 1.82) is 0 Å². The van der Waals surface area contributed by atoms with Gasteiger partial charge < -0.3 is 81.1 Å². The first-order valence-corrected chi connectivity index (χ1v) is 31.3. The Morgan fingerprint density at radius 3 is 1.52 bits per heavy atom. The van der Waals surface area contributed by atoms with Crippen LogP contribution in [-0.4, -0.2) is 206 Å². The van der Waals surface area contributed by atoms with E-state index >= 15 is 4.79 Å². The number of hydrogen-bond acceptors (Lipinski definition) is 30. The maximum Gasteiger partial charge on any atom is 0.368 e. The van der Waals surface area contributed by atoms with E-state index in [0.29, 0.717) is 17.5 Å². The fraction of sp³-hybridized carbons (Fsp3) is 0.705. The molecule has 0 saturated carbocycles. The highest BCUT2D eigenvalue weighted by Gasteiger charge is 2.69. The number of thioether (sulfide) groups is 2. The Morgan fingerprint density at radius 2 is 1.05 bits per heavy atom. The first kappa shape index (κ1) is 77.8. The van der Waals surface area contributed by atoms with Gasteiger partial charge in [0.25, 0.3) is 5.79 Å². The molecule has 0 spiro atoms. The molecule has 0 aliphatic carbocycles. The smallest absolute Gasteiger partial charge is 0.368 e. The Balaban J connectivity index is 2.30. The van der Waals surface area contributed by atoms with Crippen molar-refractivity contribution >= 4 is 95.1 Å². The van der Waals surface area contributed by atoms with Gasteiger partial charge in [0.2, 0.25) is 5.91 Å². The summed E-state index contributed by atoms with van der Waals surface area (Å²) < 4.78 is 98.6. The van der Waals surface area contributed by atoms with E-state index in [9.17, 15) is 52.7 Å². The lowest BCUT2D eigenvalue weighted by Crippen LogP contribution is -2.76. The second-order valence-corrected chi connectivity index (χ2v) is 27.3. The molecule has 1 aromatic rings. The Morgan fingerprint density at radius 1 is 0.554 bits per heavy atom. The van der Waals surface area contributed by atoms with Crippen molar-refractivity contribution in [3.63, 3.8) is 0 Å². The third kappa shape index (κ3) is 21.7. The maximum atomic E-state index is 15.7. The minimum atomic E-state index is -3.32. The number of methoxy groups -OCH3 is 1. The lowest BCUT2D eigenvalue weighted by atomic mass is 9.87. The summed E-state index contributed by atoms with van der Waals surface area (Å²) in [6.45, 7) is 21.1. The molecule has 0 unspecified atom stereocenters. The van der Waals surface area contributed by atoms with Crippen LogP contribution in [0.15, 0.2) is 35.2 Å². The van der Waals surface area contributed by atoms with Crippen LogP contribution < -0.4 is 5.32 Å². The number of rotatable bonds is 25. The number of esters is 11. The number of carbonyl (C=O) groups excluding carboxylic acids is 12. The number of benzene rings is 1. The maximum absolute atomic E-state index is 15.7. The zero-order valence-electron chi connectivity index (χ0n) is 55.2. The first-order chi connectivity index (χ1) is 42.6. The third-order valence-corrected chi connectivity index (χ3v) is 15.9. The van der Waals surface area contributed by atoms with E-state index in [-0.39, 0.29) is 4.90 Å². The van der Waals surface area contributed by atoms with E-state index < -0.39 is 210 Å². The van der Waals surface area contributed by atoms with Gasteiger partial charge in [-0.1, -0.05) is 25.1 Å². The fourth-order valence-corrected chi connectivity index (χ4v) is 11.8. The summed E-state index contributed by atoms with van der Waals surface area (Å²) in [5.41, 5.74) is -4.72. The highest BCUT2D eigenvalue weighted by Crippen LogP contribution is 2.48. The number of nitrogens with one attached hydrogen (secondary N) is 1. The molecule has 0 radical (unpaired) electrons. The topological polar surface area (TPSA) is 365 Å². The minimum Gasteiger partial charge on any atom is -0.465 e. The highest BCUT2D eigenvalue weighted by atomic mass is 32.2. The lowest BCUT2D eigenvalue weighted by molar-refractivity contribution is -0.379. The van der Waals surface area contributed by atoms with Crippen molar-refractivity contribution in [2.45, 2.75) is 232 Å². The summed E-state index contributed by atoms with van der Waals surface area (Å²) in [5.74, 6) is -15.3. The molecule has 1 aromatic carbocycles. The summed E-state index contributed by atoms with van der Waals surface area (Å²) >= 11 is 1.82. The van der Waals surface area contributed by atoms with Crippen molar-refractivity contribution in [2.24, 2.45) is 16.2 Å². The van der Waals surface area contributed by atoms with Gasteiger partial charge >= 0.3 is 65.7 Å². The Kier molecular flexibility index (Phi) is 28.3. The van der Waals surface area contributed by atoms with Crippen LogP contribution in [0.3, 0.4) is 0 Å². The average molecular weight is 1350 g/mol. The van der Waals surface area contributed by atoms with Crippen molar-refractivity contribution in [2.75, 3.05) is 32.7 Å². The third-order valence-electron chi connectivity index (χ3n) is 13.5. The van der Waals surface area contributed by atoms with E-state index in [1.54, 1.807) is 78.8 Å². The lowest BCUT2D eigenvalue weighted by Gasteiger charge is -2.55. The number of carbonyl (C=O) groups is 12. The van der Waals surface area contributed by atoms with Gasteiger partial charge in [-0.2, -0.15) is 0 Å². The summed E-state index contributed by atoms with van der Waals surface area (Å²) in [7, 11) is 0.873. The summed E-state index contributed by atoms with van der Waals surface area (Å²) in [6, 6.07) is 6.09. The summed E-state index contributed by atoms with van der Waals surface area (Å²) in [5, 5.41) is 0.704. The molecule has 4 rings (SSSR count). The summed E-state index contributed by atoms with van der Waals surface area (Å²) in [6.07, 6.45) is -25.6. The molecule has 92 heavy (non-hydrogen) atoms. The van der Waals surface area contributed by atoms with E-state index in [1.807, 2.05) is 0 Å². The molecule has 1 amide bonds. The quantitative estimate of drug-likeness (QED) is 0.106. The number of amides is 1. The second-order valence-electron chi connectivity index (χ2n) is 24.7. The van der Waals surface area contributed by atoms with Crippen molar-refractivity contribution in [1.82, 2.24) is 5.32 Å². The van der Waals surface area contributed by atoms with Crippen molar-refractivity contribution in [3.8, 4) is 0 Å². The van der Waals surface area contributed by atoms with Gasteiger partial charge in [-0.3, -0.25) is 52.7 Å². The van der Waals surface area contributed by atoms with Crippen LogP contribution in [0.1, 0.15) is 125 Å². The molecular formula is C61H87NO28S2. The molecule has 29 nitrogen and oxygen atoms in total. The van der Waals surface area contributed by atoms with Gasteiger partial charge in [0.05, 0.1) is 29.4 Å². The predicted molar refractivity (Wildman–Crippen MR) is 319 cm³/mol. The second kappa shape index (κ2) is 33.5. The summed E-state index contributed by atoms with van der Waals surface area (Å²) in [4.78, 5) is 165. The van der Waals surface area contributed by atoms with Crippen LogP contribution in [0, 0.1) is 16.2 Å². The van der Waals surface area contributed by atoms with Crippen LogP contribution in [0.2, 0.25) is 0 Å². The zero-order chi connectivity index (χ0) is 69.5. The van der Waals surface area contributed by atoms with Crippen LogP contribution in [0.4, 0.5) is 0 Å². The standard InChI is InChI=1S/C61H87NO28S2/c1-20-91-53-50(88-56(73)60(16,17)18)47(83-35(8)69)43(40(86-53)28-78-55(72)59(13,14)15)87-52-49(84-36(9)70)48(44(81-33(6)67)39(85-52)27-77-54(71)58(10,11)12)90-61(57(74)75-19)51(92-37-24-22-21-23-25-37)46(82-34(7)68)41(62-29(2)63)45(89-61)42(80-32(5)66)38(79-31(4)65)26-76-30(3)64/h21-25,38-53H,20,26-28H2,1-19H3,(H,62,63)/t38-,39-,40-,41+,42-,43-,44+,45-,46-,47+,48+,49-,50-,51+,52+,53+,61+/m1/s1. The molecular weight excluding hydrogens is 1260 g/mol. The van der Waals surface area contributed by atoms with Gasteiger partial charge in [0.15, 0.2) is 42.9 Å². The monoisotopic (exact) mass is 1350 g/mol. The molecule has 3 fully saturated rings. The molecule has 0 aromatic heterocycles. The van der Waals surface area contributed by atoms with Gasteiger partial charge in [0.1, 0.15) is 67.1 Å². The molecule has 1 N–H and O–H groups in total. The molecule has 3 aliphatic rings. The Hall–Kier alpha value is -6.64. The van der Waals surface area contributed by atoms with Gasteiger partial charge in [-0.25, -0.2) is 4.79 Å². The molecule has 3 aliphatic heterocycles. The Bertz CT molecular complexity index is 2800. The van der Waals surface area contributed by atoms with Crippen LogP contribution in [0.5, 0.6) is 0 Å². The van der Waals surface area contributed by atoms with E-state index in [4.69, 9.17) is 75.8 Å². The van der Waals surface area contributed by atoms with Crippen molar-refractivity contribution < 1.29 is 133 Å². The normalized spacial score (nSPS) is 28.0. The van der Waals surface area contributed by atoms with E-state index in [0.717, 1.165) is 74.3 Å². The SMILES string of the molecule is CCS[C@@H]1O[C@H](COC(=O)C(C)(C)C)[C@@H](O[C@@H]2O[C@H](COC(=O)C(C)(C)C)[C@H](OC(C)=O)[C@H](O[C@@]3(C(=O)OC)O[C@@H]([C@H](OC(C)=O)[C@@H](COC(C)=O)OC(C)=O)[C@H](NC(C)=O)[C@@H](OC(C)=O)[C@@H]3Sc3ccccc3)[C@H]2OC(C)=O)[C@H](OC(C)=O)[C@H]1OC(=O)C(C)(C)C. The number of hydrogen-bond donors (Lipinski definition) is 1. The largest absolute Gasteiger partial charge is 0.465 e. The van der Waals surface area contributed by atoms with Gasteiger partial charge in [-0.15, -0.1) is 23.5 Å².